The molecule has 5 heteroatoms. The molecule has 0 atom stereocenters. The van der Waals surface area contributed by atoms with Crippen molar-refractivity contribution in [1.82, 2.24) is 4.90 Å². The third kappa shape index (κ3) is 3.53. The van der Waals surface area contributed by atoms with Gasteiger partial charge in [0.05, 0.1) is 0 Å². The molecule has 0 heterocycles. The molecule has 0 unspecified atom stereocenters. The minimum atomic E-state index is 0.122. The van der Waals surface area contributed by atoms with Gasteiger partial charge in [-0.3, -0.25) is 0 Å². The fraction of sp³-hybridized carbons (Fsp3) is 0.417. The van der Waals surface area contributed by atoms with E-state index in [1.807, 2.05) is 36.9 Å². The van der Waals surface area contributed by atoms with Gasteiger partial charge in [0, 0.05) is 0 Å². The predicted octanol–water partition coefficient (Wildman–Crippen LogP) is 0.590. The molecular formula is C12H16LiNO2Se. The van der Waals surface area contributed by atoms with Crippen LogP contribution in [-0.2, 0) is 0 Å². The van der Waals surface area contributed by atoms with Gasteiger partial charge in [0.1, 0.15) is 0 Å². The maximum atomic E-state index is 12.3. The van der Waals surface area contributed by atoms with Crippen LogP contribution in [0.25, 0.3) is 0 Å². The Labute approximate surface area is 117 Å². The first kappa shape index (κ1) is 14.7. The Morgan fingerprint density at radius 1 is 1.41 bits per heavy atom. The molecule has 88 valence electrons. The van der Waals surface area contributed by atoms with Crippen molar-refractivity contribution in [3.05, 3.63) is 23.8 Å². The summed E-state index contributed by atoms with van der Waals surface area (Å²) in [6.07, 6.45) is 0. The summed E-state index contributed by atoms with van der Waals surface area (Å²) in [7, 11) is 1.65. The van der Waals surface area contributed by atoms with Crippen LogP contribution in [0.1, 0.15) is 24.2 Å². The van der Waals surface area contributed by atoms with Gasteiger partial charge in [-0.05, 0) is 0 Å². The number of hydrogen-bond donors (Lipinski definition) is 0. The minimum absolute atomic E-state index is 0.122. The third-order valence-electron chi connectivity index (χ3n) is 2.69. The van der Waals surface area contributed by atoms with Gasteiger partial charge in [-0.15, -0.1) is 0 Å². The Bertz CT molecular complexity index is 394. The summed E-state index contributed by atoms with van der Waals surface area (Å²) in [5.41, 5.74) is 0.817. The molecule has 1 rings (SSSR count). The predicted molar refractivity (Wildman–Crippen MR) is 71.4 cm³/mol. The monoisotopic (exact) mass is 293 g/mol. The zero-order chi connectivity index (χ0) is 12.8. The van der Waals surface area contributed by atoms with E-state index in [2.05, 4.69) is 15.8 Å². The average Bonchev–Trinajstić information content (AvgIpc) is 2.39. The third-order valence-corrected chi connectivity index (χ3v) is 4.32. The Morgan fingerprint density at radius 3 is 2.53 bits per heavy atom. The number of carbonyl (C=O) groups is 1. The molecule has 0 saturated heterocycles. The van der Waals surface area contributed by atoms with E-state index in [-0.39, 0.29) is 18.7 Å². The molecule has 1 aromatic rings. The molecule has 0 radical (unpaired) electrons. The summed E-state index contributed by atoms with van der Waals surface area (Å²) < 4.78 is 6.29. The van der Waals surface area contributed by atoms with Crippen molar-refractivity contribution >= 4 is 38.9 Å². The van der Waals surface area contributed by atoms with E-state index in [0.717, 1.165) is 28.9 Å². The SMILES string of the molecule is [Li][Se]c1cc(OC)ccc1C(=O)N(CC)CC. The standard InChI is InChI=1S/C12H17NO2Se.Li/c1-4-13(5-2)12(14)10-7-6-9(15-3)8-11(10)16;/h6-8,16H,4-5H2,1-3H3;/q;+1/p-1. The summed E-state index contributed by atoms with van der Waals surface area (Å²) in [5, 5.41) is 0. The van der Waals surface area contributed by atoms with Crippen LogP contribution in [0.2, 0.25) is 0 Å². The van der Waals surface area contributed by atoms with Crippen LogP contribution in [0.4, 0.5) is 0 Å². The molecule has 0 aliphatic rings. The van der Waals surface area contributed by atoms with Crippen molar-refractivity contribution in [2.75, 3.05) is 20.2 Å². The van der Waals surface area contributed by atoms with E-state index >= 15 is 0 Å². The van der Waals surface area contributed by atoms with Crippen LogP contribution < -0.4 is 9.20 Å². The summed E-state index contributed by atoms with van der Waals surface area (Å²) in [6, 6.07) is 5.70. The molecule has 17 heavy (non-hydrogen) atoms. The van der Waals surface area contributed by atoms with Crippen LogP contribution in [-0.4, -0.2) is 59.6 Å². The van der Waals surface area contributed by atoms with Crippen LogP contribution in [0.15, 0.2) is 18.2 Å². The first-order valence-electron chi connectivity index (χ1n) is 5.69. The van der Waals surface area contributed by atoms with E-state index in [0.29, 0.717) is 0 Å². The zero-order valence-electron chi connectivity index (χ0n) is 10.8. The zero-order valence-corrected chi connectivity index (χ0v) is 12.5. The van der Waals surface area contributed by atoms with E-state index in [1.54, 1.807) is 7.11 Å². The van der Waals surface area contributed by atoms with E-state index in [9.17, 15) is 4.79 Å². The van der Waals surface area contributed by atoms with E-state index < -0.39 is 0 Å². The first-order chi connectivity index (χ1) is 8.17. The van der Waals surface area contributed by atoms with Crippen LogP contribution in [0.3, 0.4) is 0 Å². The topological polar surface area (TPSA) is 29.5 Å². The normalized spacial score (nSPS) is 10.2. The summed E-state index contributed by atoms with van der Waals surface area (Å²) in [6.45, 7) is 5.50. The fourth-order valence-corrected chi connectivity index (χ4v) is 2.93. The van der Waals surface area contributed by atoms with Gasteiger partial charge < -0.3 is 0 Å². The molecule has 0 aliphatic heterocycles. The average molecular weight is 292 g/mol. The van der Waals surface area contributed by atoms with Crippen molar-refractivity contribution in [3.63, 3.8) is 0 Å². The first-order valence-corrected chi connectivity index (χ1v) is 8.26. The molecule has 1 amide bonds. The summed E-state index contributed by atoms with van der Waals surface area (Å²) >= 11 is 2.40. The number of ether oxygens (including phenoxy) is 1. The maximum absolute atomic E-state index is 12.3. The number of carbonyl (C=O) groups excluding carboxylic acids is 1. The van der Waals surface area contributed by atoms with Gasteiger partial charge in [0.25, 0.3) is 0 Å². The van der Waals surface area contributed by atoms with Gasteiger partial charge in [0.2, 0.25) is 0 Å². The Balaban J connectivity index is 3.08. The van der Waals surface area contributed by atoms with Gasteiger partial charge in [-0.2, -0.15) is 0 Å². The molecule has 0 aromatic heterocycles. The van der Waals surface area contributed by atoms with Gasteiger partial charge in [0.15, 0.2) is 0 Å². The summed E-state index contributed by atoms with van der Waals surface area (Å²) in [4.78, 5) is 14.1. The molecule has 0 aliphatic carbocycles. The van der Waals surface area contributed by atoms with Crippen molar-refractivity contribution in [2.45, 2.75) is 13.8 Å². The quantitative estimate of drug-likeness (QED) is 0.743. The van der Waals surface area contributed by atoms with Crippen molar-refractivity contribution in [3.8, 4) is 5.75 Å². The molecular weight excluding hydrogens is 276 g/mol. The second-order valence-corrected chi connectivity index (χ2v) is 5.32. The van der Waals surface area contributed by atoms with Gasteiger partial charge >= 0.3 is 117 Å². The van der Waals surface area contributed by atoms with E-state index in [1.165, 1.54) is 0 Å². The number of rotatable bonds is 5. The van der Waals surface area contributed by atoms with Crippen molar-refractivity contribution in [2.24, 2.45) is 0 Å². The van der Waals surface area contributed by atoms with Crippen molar-refractivity contribution < 1.29 is 9.53 Å². The van der Waals surface area contributed by atoms with E-state index in [4.69, 9.17) is 4.74 Å². The van der Waals surface area contributed by atoms with Crippen LogP contribution in [0.5, 0.6) is 5.75 Å². The van der Waals surface area contributed by atoms with Gasteiger partial charge in [-0.1, -0.05) is 0 Å². The van der Waals surface area contributed by atoms with Crippen LogP contribution >= 0.6 is 0 Å². The molecule has 0 N–H and O–H groups in total. The second kappa shape index (κ2) is 7.13. The molecule has 0 spiro atoms. The summed E-state index contributed by atoms with van der Waals surface area (Å²) in [5.74, 6) is 0.941. The molecule has 0 fully saturated rings. The Hall–Kier alpha value is -0.393. The fourth-order valence-electron chi connectivity index (χ4n) is 1.66. The van der Waals surface area contributed by atoms with Crippen LogP contribution in [0, 0.1) is 0 Å². The van der Waals surface area contributed by atoms with Crippen molar-refractivity contribution in [1.29, 1.82) is 0 Å². The Morgan fingerprint density at radius 2 is 2.06 bits per heavy atom. The number of methoxy groups -OCH3 is 1. The number of nitrogens with zero attached hydrogens (tertiary/aromatic N) is 1. The Kier molecular flexibility index (Phi) is 6.15. The molecule has 0 bridgehead atoms. The number of benzene rings is 1. The number of hydrogen-bond acceptors (Lipinski definition) is 2. The molecule has 0 saturated carbocycles. The second-order valence-electron chi connectivity index (χ2n) is 3.54. The number of amides is 1. The molecule has 1 aromatic carbocycles. The van der Waals surface area contributed by atoms with Gasteiger partial charge in [-0.25, -0.2) is 0 Å². The molecule has 3 nitrogen and oxygen atoms in total.